The largest absolute Gasteiger partial charge is 0.133 e. The molecule has 1 aromatic heterocycles. The van der Waals surface area contributed by atoms with E-state index >= 15 is 0 Å². The van der Waals surface area contributed by atoms with E-state index in [1.54, 1.807) is 0 Å². The van der Waals surface area contributed by atoms with Crippen LogP contribution < -0.4 is 0 Å². The lowest BCUT2D eigenvalue weighted by Gasteiger charge is -2.29. The van der Waals surface area contributed by atoms with Gasteiger partial charge in [0.15, 0.2) is 0 Å². The van der Waals surface area contributed by atoms with E-state index in [1.807, 2.05) is 11.3 Å². The van der Waals surface area contributed by atoms with E-state index in [-0.39, 0.29) is 0 Å². The second kappa shape index (κ2) is 5.53. The maximum atomic E-state index is 3.92. The van der Waals surface area contributed by atoms with E-state index in [1.165, 1.54) is 39.9 Å². The molecule has 0 aromatic carbocycles. The Kier molecular flexibility index (Phi) is 4.53. The molecule has 0 nitrogen and oxygen atoms in total. The third-order valence-corrected chi connectivity index (χ3v) is 6.51. The molecule has 0 radical (unpaired) electrons. The van der Waals surface area contributed by atoms with Gasteiger partial charge in [-0.15, -0.1) is 11.3 Å². The molecule has 16 heavy (non-hydrogen) atoms. The van der Waals surface area contributed by atoms with Gasteiger partial charge in [-0.2, -0.15) is 0 Å². The minimum atomic E-state index is 0.558. The van der Waals surface area contributed by atoms with Gasteiger partial charge in [-0.1, -0.05) is 35.7 Å². The molecule has 90 valence electrons. The molecular formula is C13H18Br2S. The standard InChI is InChI=1S/C13H18Br2S/c1-8-3-5-10(6-4-8)13(15)11-7-12(14)16-9(11)2/h7-8,10,13H,3-6H2,1-2H3. The average molecular weight is 366 g/mol. The van der Waals surface area contributed by atoms with Crippen LogP contribution in [-0.2, 0) is 0 Å². The highest BCUT2D eigenvalue weighted by Crippen LogP contribution is 2.44. The van der Waals surface area contributed by atoms with Gasteiger partial charge < -0.3 is 0 Å². The molecule has 0 N–H and O–H groups in total. The number of hydrogen-bond donors (Lipinski definition) is 0. The van der Waals surface area contributed by atoms with Crippen LogP contribution >= 0.6 is 43.2 Å². The summed E-state index contributed by atoms with van der Waals surface area (Å²) >= 11 is 9.35. The van der Waals surface area contributed by atoms with Crippen LogP contribution in [-0.4, -0.2) is 0 Å². The zero-order chi connectivity index (χ0) is 11.7. The molecule has 2 rings (SSSR count). The third-order valence-electron chi connectivity index (χ3n) is 3.70. The molecule has 1 aromatic rings. The van der Waals surface area contributed by atoms with Crippen LogP contribution in [0.3, 0.4) is 0 Å². The van der Waals surface area contributed by atoms with Crippen molar-refractivity contribution in [3.8, 4) is 0 Å². The molecule has 1 aliphatic rings. The summed E-state index contributed by atoms with van der Waals surface area (Å²) in [4.78, 5) is 2.01. The number of thiophene rings is 1. The van der Waals surface area contributed by atoms with Gasteiger partial charge in [0, 0.05) is 9.70 Å². The average Bonchev–Trinajstić information content (AvgIpc) is 2.58. The van der Waals surface area contributed by atoms with Gasteiger partial charge in [0.25, 0.3) is 0 Å². The van der Waals surface area contributed by atoms with E-state index < -0.39 is 0 Å². The predicted octanol–water partition coefficient (Wildman–Crippen LogP) is 6.08. The molecule has 1 saturated carbocycles. The van der Waals surface area contributed by atoms with E-state index in [4.69, 9.17) is 0 Å². The van der Waals surface area contributed by atoms with Crippen LogP contribution in [0.5, 0.6) is 0 Å². The van der Waals surface area contributed by atoms with Crippen LogP contribution in [0.1, 0.15) is 47.9 Å². The topological polar surface area (TPSA) is 0 Å². The van der Waals surface area contributed by atoms with Gasteiger partial charge in [-0.3, -0.25) is 0 Å². The number of halogens is 2. The fraction of sp³-hybridized carbons (Fsp3) is 0.692. The van der Waals surface area contributed by atoms with Gasteiger partial charge in [-0.05, 0) is 59.2 Å². The van der Waals surface area contributed by atoms with Crippen LogP contribution in [0.2, 0.25) is 0 Å². The zero-order valence-electron chi connectivity index (χ0n) is 9.80. The Balaban J connectivity index is 2.07. The highest BCUT2D eigenvalue weighted by atomic mass is 79.9. The Morgan fingerprint density at radius 1 is 1.31 bits per heavy atom. The van der Waals surface area contributed by atoms with Crippen molar-refractivity contribution in [1.29, 1.82) is 0 Å². The number of aryl methyl sites for hydroxylation is 1. The molecule has 1 fully saturated rings. The van der Waals surface area contributed by atoms with Crippen molar-refractivity contribution in [2.24, 2.45) is 11.8 Å². The predicted molar refractivity (Wildman–Crippen MR) is 79.5 cm³/mol. The summed E-state index contributed by atoms with van der Waals surface area (Å²) in [6, 6.07) is 2.29. The maximum Gasteiger partial charge on any atom is 0.0704 e. The van der Waals surface area contributed by atoms with Crippen molar-refractivity contribution < 1.29 is 0 Å². The minimum Gasteiger partial charge on any atom is -0.133 e. The molecule has 0 spiro atoms. The Bertz CT molecular complexity index is 351. The number of hydrogen-bond acceptors (Lipinski definition) is 1. The van der Waals surface area contributed by atoms with Gasteiger partial charge >= 0.3 is 0 Å². The Morgan fingerprint density at radius 2 is 1.94 bits per heavy atom. The van der Waals surface area contributed by atoms with Crippen LogP contribution in [0.15, 0.2) is 9.85 Å². The summed E-state index contributed by atoms with van der Waals surface area (Å²) in [6.45, 7) is 4.61. The summed E-state index contributed by atoms with van der Waals surface area (Å²) in [7, 11) is 0. The fourth-order valence-corrected chi connectivity index (χ4v) is 5.48. The molecular weight excluding hydrogens is 348 g/mol. The van der Waals surface area contributed by atoms with Crippen molar-refractivity contribution in [2.75, 3.05) is 0 Å². The zero-order valence-corrected chi connectivity index (χ0v) is 13.8. The second-order valence-electron chi connectivity index (χ2n) is 4.98. The normalized spacial score (nSPS) is 28.0. The number of rotatable bonds is 2. The summed E-state index contributed by atoms with van der Waals surface area (Å²) in [6.07, 6.45) is 5.56. The summed E-state index contributed by atoms with van der Waals surface area (Å²) < 4.78 is 1.26. The summed E-state index contributed by atoms with van der Waals surface area (Å²) in [5.41, 5.74) is 1.50. The van der Waals surface area contributed by atoms with Crippen molar-refractivity contribution >= 4 is 43.2 Å². The van der Waals surface area contributed by atoms with E-state index in [0.29, 0.717) is 4.83 Å². The lowest BCUT2D eigenvalue weighted by molar-refractivity contribution is 0.287. The molecule has 0 bridgehead atoms. The van der Waals surface area contributed by atoms with Crippen molar-refractivity contribution in [1.82, 2.24) is 0 Å². The smallest absolute Gasteiger partial charge is 0.0704 e. The van der Waals surface area contributed by atoms with Gasteiger partial charge in [0.05, 0.1) is 3.79 Å². The lowest BCUT2D eigenvalue weighted by Crippen LogP contribution is -2.16. The van der Waals surface area contributed by atoms with Crippen LogP contribution in [0, 0.1) is 18.8 Å². The summed E-state index contributed by atoms with van der Waals surface area (Å²) in [5, 5.41) is 0. The molecule has 0 saturated heterocycles. The minimum absolute atomic E-state index is 0.558. The highest BCUT2D eigenvalue weighted by Gasteiger charge is 2.27. The summed E-state index contributed by atoms with van der Waals surface area (Å²) in [5.74, 6) is 1.77. The van der Waals surface area contributed by atoms with Gasteiger partial charge in [0.1, 0.15) is 0 Å². The van der Waals surface area contributed by atoms with E-state index in [9.17, 15) is 0 Å². The number of alkyl halides is 1. The Labute approximate surface area is 119 Å². The molecule has 1 atom stereocenters. The maximum absolute atomic E-state index is 3.92. The lowest BCUT2D eigenvalue weighted by atomic mass is 9.80. The van der Waals surface area contributed by atoms with E-state index in [2.05, 4.69) is 51.8 Å². The van der Waals surface area contributed by atoms with E-state index in [0.717, 1.165) is 11.8 Å². The van der Waals surface area contributed by atoms with Crippen molar-refractivity contribution in [3.63, 3.8) is 0 Å². The Hall–Kier alpha value is 0.660. The first-order valence-electron chi connectivity index (χ1n) is 5.98. The molecule has 0 aliphatic heterocycles. The molecule has 1 aliphatic carbocycles. The second-order valence-corrected chi connectivity index (χ2v) is 8.61. The quantitative estimate of drug-likeness (QED) is 0.557. The SMILES string of the molecule is Cc1sc(Br)cc1C(Br)C1CCC(C)CC1. The van der Waals surface area contributed by atoms with Gasteiger partial charge in [-0.25, -0.2) is 0 Å². The van der Waals surface area contributed by atoms with Crippen molar-refractivity contribution in [2.45, 2.75) is 44.4 Å². The first-order valence-corrected chi connectivity index (χ1v) is 8.50. The Morgan fingerprint density at radius 3 is 2.44 bits per heavy atom. The van der Waals surface area contributed by atoms with Crippen molar-refractivity contribution in [3.05, 3.63) is 20.3 Å². The first-order chi connectivity index (χ1) is 7.58. The molecule has 1 unspecified atom stereocenters. The third kappa shape index (κ3) is 2.91. The van der Waals surface area contributed by atoms with Crippen LogP contribution in [0.25, 0.3) is 0 Å². The molecule has 0 amide bonds. The van der Waals surface area contributed by atoms with Gasteiger partial charge in [0.2, 0.25) is 0 Å². The fourth-order valence-electron chi connectivity index (χ4n) is 2.56. The molecule has 1 heterocycles. The van der Waals surface area contributed by atoms with Crippen LogP contribution in [0.4, 0.5) is 0 Å². The highest BCUT2D eigenvalue weighted by molar-refractivity contribution is 9.11. The monoisotopic (exact) mass is 364 g/mol. The first kappa shape index (κ1) is 13.1. The molecule has 3 heteroatoms.